The van der Waals surface area contributed by atoms with Crippen LogP contribution >= 0.6 is 11.3 Å². The fourth-order valence-corrected chi connectivity index (χ4v) is 4.17. The number of anilines is 2. The molecule has 0 saturated heterocycles. The average Bonchev–Trinajstić information content (AvgIpc) is 2.66. The van der Waals surface area contributed by atoms with Crippen LogP contribution in [-0.2, 0) is 10.0 Å². The Morgan fingerprint density at radius 1 is 1.38 bits per heavy atom. The van der Waals surface area contributed by atoms with Gasteiger partial charge in [0, 0.05) is 10.6 Å². The van der Waals surface area contributed by atoms with Gasteiger partial charge in [0.1, 0.15) is 21.8 Å². The number of nitrogens with zero attached hydrogens (tertiary/aromatic N) is 1. The largest absolute Gasteiger partial charge is 0.399 e. The highest BCUT2D eigenvalue weighted by Crippen LogP contribution is 2.33. The van der Waals surface area contributed by atoms with E-state index >= 15 is 0 Å². The van der Waals surface area contributed by atoms with Crippen molar-refractivity contribution >= 4 is 32.0 Å². The number of aryl methyl sites for hydroxylation is 1. The number of sulfonamides is 1. The summed E-state index contributed by atoms with van der Waals surface area (Å²) in [6, 6.07) is 5.25. The molecule has 1 aromatic heterocycles. The number of rotatable bonds is 3. The fourth-order valence-electron chi connectivity index (χ4n) is 1.74. The number of nitriles is 1. The minimum absolute atomic E-state index is 0.135. The van der Waals surface area contributed by atoms with Gasteiger partial charge in [-0.15, -0.1) is 11.3 Å². The van der Waals surface area contributed by atoms with Gasteiger partial charge in [-0.3, -0.25) is 4.72 Å². The molecule has 0 bridgehead atoms. The van der Waals surface area contributed by atoms with E-state index in [1.165, 1.54) is 6.07 Å². The van der Waals surface area contributed by atoms with Gasteiger partial charge in [0.25, 0.3) is 10.0 Å². The van der Waals surface area contributed by atoms with E-state index in [4.69, 9.17) is 11.0 Å². The smallest absolute Gasteiger partial charge is 0.265 e. The molecule has 0 saturated carbocycles. The van der Waals surface area contributed by atoms with Gasteiger partial charge >= 0.3 is 0 Å². The van der Waals surface area contributed by atoms with E-state index in [1.807, 2.05) is 6.07 Å². The SMILES string of the molecule is Cc1sc(NS(=O)(=O)c2cc(N)ccc2F)c(C#N)c1C. The summed E-state index contributed by atoms with van der Waals surface area (Å²) in [7, 11) is -4.15. The lowest BCUT2D eigenvalue weighted by atomic mass is 10.2. The second-order valence-electron chi connectivity index (χ2n) is 4.39. The van der Waals surface area contributed by atoms with E-state index in [1.54, 1.807) is 13.8 Å². The summed E-state index contributed by atoms with van der Waals surface area (Å²) in [6.45, 7) is 3.50. The summed E-state index contributed by atoms with van der Waals surface area (Å²) in [5.41, 5.74) is 6.57. The van der Waals surface area contributed by atoms with E-state index in [0.29, 0.717) is 5.56 Å². The molecule has 8 heteroatoms. The first kappa shape index (κ1) is 15.3. The number of thiophene rings is 1. The van der Waals surface area contributed by atoms with Crippen LogP contribution in [0.3, 0.4) is 0 Å². The van der Waals surface area contributed by atoms with Crippen LogP contribution in [0.15, 0.2) is 23.1 Å². The normalized spacial score (nSPS) is 11.1. The maximum Gasteiger partial charge on any atom is 0.265 e. The van der Waals surface area contributed by atoms with E-state index in [0.717, 1.165) is 28.3 Å². The molecule has 0 spiro atoms. The lowest BCUT2D eigenvalue weighted by Gasteiger charge is -2.08. The Kier molecular flexibility index (Phi) is 3.89. The Morgan fingerprint density at radius 3 is 2.67 bits per heavy atom. The Morgan fingerprint density at radius 2 is 2.05 bits per heavy atom. The first-order chi connectivity index (χ1) is 9.76. The third kappa shape index (κ3) is 2.84. The second kappa shape index (κ2) is 5.35. The molecule has 0 atom stereocenters. The molecule has 0 aliphatic rings. The molecule has 1 aromatic carbocycles. The minimum Gasteiger partial charge on any atom is -0.399 e. The van der Waals surface area contributed by atoms with Gasteiger partial charge in [-0.05, 0) is 37.6 Å². The summed E-state index contributed by atoms with van der Waals surface area (Å²) in [6.07, 6.45) is 0. The number of nitrogens with two attached hydrogens (primary N) is 1. The lowest BCUT2D eigenvalue weighted by molar-refractivity contribution is 0.570. The Balaban J connectivity index is 2.50. The Hall–Kier alpha value is -2.11. The Bertz CT molecular complexity index is 851. The van der Waals surface area contributed by atoms with Crippen molar-refractivity contribution in [2.75, 3.05) is 10.5 Å². The maximum atomic E-state index is 13.7. The highest BCUT2D eigenvalue weighted by atomic mass is 32.2. The molecule has 2 rings (SSSR count). The zero-order valence-corrected chi connectivity index (χ0v) is 12.9. The summed E-state index contributed by atoms with van der Waals surface area (Å²) in [5, 5.41) is 9.28. The summed E-state index contributed by atoms with van der Waals surface area (Å²) in [5.74, 6) is -0.903. The molecule has 2 aromatic rings. The monoisotopic (exact) mass is 325 g/mol. The fraction of sp³-hybridized carbons (Fsp3) is 0.154. The molecule has 3 N–H and O–H groups in total. The molecule has 5 nitrogen and oxygen atoms in total. The van der Waals surface area contributed by atoms with Crippen LogP contribution in [0, 0.1) is 31.0 Å². The highest BCUT2D eigenvalue weighted by Gasteiger charge is 2.23. The van der Waals surface area contributed by atoms with E-state index in [9.17, 15) is 12.8 Å². The zero-order valence-electron chi connectivity index (χ0n) is 11.3. The van der Waals surface area contributed by atoms with Gasteiger partial charge in [0.05, 0.1) is 5.56 Å². The predicted octanol–water partition coefficient (Wildman–Crippen LogP) is 2.76. The Labute approximate surface area is 125 Å². The highest BCUT2D eigenvalue weighted by molar-refractivity contribution is 7.93. The van der Waals surface area contributed by atoms with Gasteiger partial charge in [-0.1, -0.05) is 0 Å². The molecule has 0 aliphatic carbocycles. The number of halogens is 1. The number of hydrogen-bond acceptors (Lipinski definition) is 5. The van der Waals surface area contributed by atoms with Crippen molar-refractivity contribution in [3.8, 4) is 6.07 Å². The van der Waals surface area contributed by atoms with Crippen LogP contribution < -0.4 is 10.5 Å². The molecule has 0 unspecified atom stereocenters. The van der Waals surface area contributed by atoms with Crippen LogP contribution in [0.25, 0.3) is 0 Å². The molecule has 21 heavy (non-hydrogen) atoms. The van der Waals surface area contributed by atoms with Gasteiger partial charge in [0.15, 0.2) is 0 Å². The third-order valence-corrected chi connectivity index (χ3v) is 5.59. The number of nitrogens with one attached hydrogen (secondary N) is 1. The molecule has 0 aliphatic heterocycles. The van der Waals surface area contributed by atoms with Crippen LogP contribution in [0.2, 0.25) is 0 Å². The standard InChI is InChI=1S/C13H12FN3O2S2/c1-7-8(2)20-13(10(7)6-15)17-21(18,19)12-5-9(16)3-4-11(12)14/h3-5,17H,16H2,1-2H3. The topological polar surface area (TPSA) is 96.0 Å². The van der Waals surface area contributed by atoms with Crippen molar-refractivity contribution in [1.82, 2.24) is 0 Å². The molecule has 0 amide bonds. The predicted molar refractivity (Wildman–Crippen MR) is 80.1 cm³/mol. The molecule has 0 radical (unpaired) electrons. The van der Waals surface area contributed by atoms with Crippen LogP contribution in [-0.4, -0.2) is 8.42 Å². The molecule has 1 heterocycles. The minimum atomic E-state index is -4.15. The zero-order chi connectivity index (χ0) is 15.8. The number of nitrogen functional groups attached to an aromatic ring is 1. The van der Waals surface area contributed by atoms with E-state index in [2.05, 4.69) is 4.72 Å². The number of benzene rings is 1. The molecular formula is C13H12FN3O2S2. The van der Waals surface area contributed by atoms with E-state index < -0.39 is 20.7 Å². The average molecular weight is 325 g/mol. The molecule has 0 fully saturated rings. The van der Waals surface area contributed by atoms with Crippen LogP contribution in [0.1, 0.15) is 16.0 Å². The lowest BCUT2D eigenvalue weighted by Crippen LogP contribution is -2.15. The second-order valence-corrected chi connectivity index (χ2v) is 7.27. The first-order valence-corrected chi connectivity index (χ1v) is 8.14. The van der Waals surface area contributed by atoms with E-state index in [-0.39, 0.29) is 16.3 Å². The maximum absolute atomic E-state index is 13.7. The number of hydrogen-bond donors (Lipinski definition) is 2. The van der Waals surface area contributed by atoms with Crippen molar-refractivity contribution in [3.63, 3.8) is 0 Å². The molecular weight excluding hydrogens is 313 g/mol. The van der Waals surface area contributed by atoms with Crippen molar-refractivity contribution in [1.29, 1.82) is 5.26 Å². The first-order valence-electron chi connectivity index (χ1n) is 5.84. The third-order valence-electron chi connectivity index (χ3n) is 2.97. The van der Waals surface area contributed by atoms with Gasteiger partial charge in [-0.2, -0.15) is 5.26 Å². The van der Waals surface area contributed by atoms with Crippen LogP contribution in [0.4, 0.5) is 15.1 Å². The van der Waals surface area contributed by atoms with Gasteiger partial charge in [0.2, 0.25) is 0 Å². The summed E-state index contributed by atoms with van der Waals surface area (Å²) in [4.78, 5) is 0.271. The van der Waals surface area contributed by atoms with Crippen molar-refractivity contribution < 1.29 is 12.8 Å². The van der Waals surface area contributed by atoms with Crippen molar-refractivity contribution in [2.45, 2.75) is 18.7 Å². The van der Waals surface area contributed by atoms with Crippen molar-refractivity contribution in [2.24, 2.45) is 0 Å². The van der Waals surface area contributed by atoms with Gasteiger partial charge in [-0.25, -0.2) is 12.8 Å². The summed E-state index contributed by atoms with van der Waals surface area (Å²) < 4.78 is 40.5. The van der Waals surface area contributed by atoms with Crippen molar-refractivity contribution in [3.05, 3.63) is 40.0 Å². The summed E-state index contributed by atoms with van der Waals surface area (Å²) >= 11 is 1.13. The molecule has 110 valence electrons. The van der Waals surface area contributed by atoms with Crippen LogP contribution in [0.5, 0.6) is 0 Å². The van der Waals surface area contributed by atoms with Gasteiger partial charge < -0.3 is 5.73 Å². The quantitative estimate of drug-likeness (QED) is 0.848.